The van der Waals surface area contributed by atoms with Gasteiger partial charge < -0.3 is 18.8 Å². The molecule has 2 atom stereocenters. The molecule has 4 heterocycles. The Balaban J connectivity index is 1.39. The third kappa shape index (κ3) is 3.24. The zero-order valence-electron chi connectivity index (χ0n) is 16.1. The highest BCUT2D eigenvalue weighted by atomic mass is 16.3. The van der Waals surface area contributed by atoms with Crippen LogP contribution in [0.4, 0.5) is 0 Å². The van der Waals surface area contributed by atoms with Crippen molar-refractivity contribution >= 4 is 11.8 Å². The lowest BCUT2D eigenvalue weighted by Crippen LogP contribution is -2.45. The summed E-state index contributed by atoms with van der Waals surface area (Å²) in [4.78, 5) is 29.7. The van der Waals surface area contributed by atoms with Gasteiger partial charge in [-0.3, -0.25) is 9.59 Å². The van der Waals surface area contributed by atoms with Gasteiger partial charge in [-0.2, -0.15) is 0 Å². The van der Waals surface area contributed by atoms with Crippen molar-refractivity contribution in [1.82, 2.24) is 14.4 Å². The molecule has 1 fully saturated rings. The van der Waals surface area contributed by atoms with E-state index >= 15 is 0 Å². The molecule has 6 nitrogen and oxygen atoms in total. The summed E-state index contributed by atoms with van der Waals surface area (Å²) in [6.07, 6.45) is 3.93. The minimum absolute atomic E-state index is 0.0106. The zero-order valence-corrected chi connectivity index (χ0v) is 16.1. The predicted octanol–water partition coefficient (Wildman–Crippen LogP) is 3.06. The highest BCUT2D eigenvalue weighted by Crippen LogP contribution is 2.35. The smallest absolute Gasteiger partial charge is 0.228 e. The number of carbonyl (C=O) groups excluding carboxylic acids is 2. The van der Waals surface area contributed by atoms with Gasteiger partial charge in [0.05, 0.1) is 24.8 Å². The first kappa shape index (κ1) is 17.8. The minimum atomic E-state index is -0.315. The Hall–Kier alpha value is -3.28. The number of fused-ring (bicyclic) bond motifs is 1. The normalized spacial score (nSPS) is 21.4. The number of nitrogens with zero attached hydrogens (tertiary/aromatic N) is 3. The average Bonchev–Trinajstić information content (AvgIpc) is 3.49. The summed E-state index contributed by atoms with van der Waals surface area (Å²) >= 11 is 0. The molecular weight excluding hydrogens is 366 g/mol. The molecule has 0 bridgehead atoms. The Labute approximate surface area is 169 Å². The summed E-state index contributed by atoms with van der Waals surface area (Å²) in [5, 5.41) is 0. The Morgan fingerprint density at radius 2 is 1.90 bits per heavy atom. The molecule has 2 aliphatic heterocycles. The molecule has 148 valence electrons. The van der Waals surface area contributed by atoms with Crippen LogP contribution in [0.25, 0.3) is 0 Å². The topological polar surface area (TPSA) is 58.7 Å². The lowest BCUT2D eigenvalue weighted by molar-refractivity contribution is -0.138. The number of furan rings is 1. The number of aromatic nitrogens is 1. The van der Waals surface area contributed by atoms with E-state index in [0.717, 1.165) is 23.6 Å². The molecule has 1 aromatic carbocycles. The van der Waals surface area contributed by atoms with Crippen molar-refractivity contribution in [3.05, 3.63) is 84.1 Å². The molecular formula is C23H23N3O3. The SMILES string of the molecule is O=C1CC(C(=O)N2CCn3cccc3C2c2ccccc2)CN1Cc1ccco1. The van der Waals surface area contributed by atoms with E-state index < -0.39 is 0 Å². The molecule has 2 aromatic heterocycles. The molecule has 6 heteroatoms. The molecule has 0 N–H and O–H groups in total. The van der Waals surface area contributed by atoms with Gasteiger partial charge in [0.1, 0.15) is 5.76 Å². The average molecular weight is 389 g/mol. The van der Waals surface area contributed by atoms with Gasteiger partial charge in [-0.05, 0) is 29.8 Å². The van der Waals surface area contributed by atoms with Crippen LogP contribution in [0, 0.1) is 5.92 Å². The quantitative estimate of drug-likeness (QED) is 0.689. The van der Waals surface area contributed by atoms with Crippen molar-refractivity contribution in [2.75, 3.05) is 13.1 Å². The number of amides is 2. The first-order chi connectivity index (χ1) is 14.2. The second-order valence-corrected chi connectivity index (χ2v) is 7.73. The van der Waals surface area contributed by atoms with Gasteiger partial charge in [-0.15, -0.1) is 0 Å². The Kier molecular flexibility index (Phi) is 4.46. The van der Waals surface area contributed by atoms with E-state index in [1.807, 2.05) is 41.3 Å². The highest BCUT2D eigenvalue weighted by Gasteiger charge is 2.40. The minimum Gasteiger partial charge on any atom is -0.467 e. The fourth-order valence-electron chi connectivity index (χ4n) is 4.52. The van der Waals surface area contributed by atoms with Crippen LogP contribution in [0.3, 0.4) is 0 Å². The summed E-state index contributed by atoms with van der Waals surface area (Å²) in [5.41, 5.74) is 2.21. The summed E-state index contributed by atoms with van der Waals surface area (Å²) in [7, 11) is 0. The number of hydrogen-bond acceptors (Lipinski definition) is 3. The summed E-state index contributed by atoms with van der Waals surface area (Å²) < 4.78 is 7.58. The van der Waals surface area contributed by atoms with Crippen molar-refractivity contribution in [1.29, 1.82) is 0 Å². The third-order valence-electron chi connectivity index (χ3n) is 5.93. The molecule has 0 saturated carbocycles. The van der Waals surface area contributed by atoms with Gasteiger partial charge in [-0.1, -0.05) is 30.3 Å². The van der Waals surface area contributed by atoms with E-state index in [-0.39, 0.29) is 30.2 Å². The van der Waals surface area contributed by atoms with Crippen LogP contribution in [-0.2, 0) is 22.7 Å². The van der Waals surface area contributed by atoms with E-state index in [1.165, 1.54) is 0 Å². The number of rotatable bonds is 4. The Morgan fingerprint density at radius 1 is 1.03 bits per heavy atom. The predicted molar refractivity (Wildman–Crippen MR) is 107 cm³/mol. The van der Waals surface area contributed by atoms with Crippen LogP contribution in [-0.4, -0.2) is 39.3 Å². The van der Waals surface area contributed by atoms with Crippen LogP contribution in [0.2, 0.25) is 0 Å². The summed E-state index contributed by atoms with van der Waals surface area (Å²) in [6, 6.07) is 17.8. The Morgan fingerprint density at radius 3 is 2.69 bits per heavy atom. The van der Waals surface area contributed by atoms with Crippen LogP contribution >= 0.6 is 0 Å². The van der Waals surface area contributed by atoms with Gasteiger partial charge in [-0.25, -0.2) is 0 Å². The van der Waals surface area contributed by atoms with Crippen molar-refractivity contribution in [3.63, 3.8) is 0 Å². The van der Waals surface area contributed by atoms with E-state index in [4.69, 9.17) is 4.42 Å². The summed E-state index contributed by atoms with van der Waals surface area (Å²) in [6.45, 7) is 2.27. The maximum Gasteiger partial charge on any atom is 0.228 e. The molecule has 29 heavy (non-hydrogen) atoms. The standard InChI is InChI=1S/C23H23N3O3/c27-21-14-18(15-25(21)16-19-8-5-13-29-19)23(28)26-12-11-24-10-4-9-20(24)22(26)17-6-2-1-3-7-17/h1-10,13,18,22H,11-12,14-16H2. The summed E-state index contributed by atoms with van der Waals surface area (Å²) in [5.74, 6) is 0.493. The van der Waals surface area contributed by atoms with Crippen molar-refractivity contribution in [2.45, 2.75) is 25.6 Å². The van der Waals surface area contributed by atoms with E-state index in [1.54, 1.807) is 11.2 Å². The van der Waals surface area contributed by atoms with Crippen LogP contribution in [0.5, 0.6) is 0 Å². The van der Waals surface area contributed by atoms with Crippen molar-refractivity contribution in [2.24, 2.45) is 5.92 Å². The maximum atomic E-state index is 13.5. The molecule has 2 unspecified atom stereocenters. The fraction of sp³-hybridized carbons (Fsp3) is 0.304. The largest absolute Gasteiger partial charge is 0.467 e. The highest BCUT2D eigenvalue weighted by molar-refractivity contribution is 5.89. The van der Waals surface area contributed by atoms with Gasteiger partial charge in [0.2, 0.25) is 11.8 Å². The second-order valence-electron chi connectivity index (χ2n) is 7.73. The van der Waals surface area contributed by atoms with Crippen molar-refractivity contribution in [3.8, 4) is 0 Å². The van der Waals surface area contributed by atoms with Gasteiger partial charge in [0, 0.05) is 37.9 Å². The first-order valence-corrected chi connectivity index (χ1v) is 10.0. The fourth-order valence-corrected chi connectivity index (χ4v) is 4.52. The zero-order chi connectivity index (χ0) is 19.8. The monoisotopic (exact) mass is 389 g/mol. The first-order valence-electron chi connectivity index (χ1n) is 10.0. The van der Waals surface area contributed by atoms with Gasteiger partial charge >= 0.3 is 0 Å². The molecule has 0 aliphatic carbocycles. The number of likely N-dealkylation sites (tertiary alicyclic amines) is 1. The maximum absolute atomic E-state index is 13.5. The lowest BCUT2D eigenvalue weighted by atomic mass is 9.97. The molecule has 0 radical (unpaired) electrons. The van der Waals surface area contributed by atoms with E-state index in [0.29, 0.717) is 19.6 Å². The number of carbonyl (C=O) groups is 2. The number of hydrogen-bond donors (Lipinski definition) is 0. The molecule has 0 spiro atoms. The lowest BCUT2D eigenvalue weighted by Gasteiger charge is -2.38. The molecule has 2 amide bonds. The molecule has 3 aromatic rings. The Bertz CT molecular complexity index is 1010. The van der Waals surface area contributed by atoms with Crippen LogP contribution in [0.15, 0.2) is 71.5 Å². The molecule has 1 saturated heterocycles. The van der Waals surface area contributed by atoms with Crippen LogP contribution in [0.1, 0.15) is 29.5 Å². The van der Waals surface area contributed by atoms with E-state index in [9.17, 15) is 9.59 Å². The van der Waals surface area contributed by atoms with Gasteiger partial charge in [0.25, 0.3) is 0 Å². The van der Waals surface area contributed by atoms with E-state index in [2.05, 4.69) is 29.0 Å². The van der Waals surface area contributed by atoms with Crippen LogP contribution < -0.4 is 0 Å². The molecule has 5 rings (SSSR count). The molecule has 2 aliphatic rings. The van der Waals surface area contributed by atoms with Gasteiger partial charge in [0.15, 0.2) is 0 Å². The number of benzene rings is 1. The second kappa shape index (κ2) is 7.28. The van der Waals surface area contributed by atoms with Crippen molar-refractivity contribution < 1.29 is 14.0 Å². The third-order valence-corrected chi connectivity index (χ3v) is 5.93.